The van der Waals surface area contributed by atoms with Crippen LogP contribution in [0.25, 0.3) is 11.2 Å². The fourth-order valence-electron chi connectivity index (χ4n) is 2.60. The molecule has 0 aromatic carbocycles. The molecule has 1 fully saturated rings. The van der Waals surface area contributed by atoms with E-state index in [1.54, 1.807) is 12.7 Å². The predicted molar refractivity (Wildman–Crippen MR) is 70.5 cm³/mol. The van der Waals surface area contributed by atoms with Crippen molar-refractivity contribution >= 4 is 17.0 Å². The maximum Gasteiger partial charge on any atom is 0.182 e. The molecular formula is C12H18N6. The molecule has 0 saturated carbocycles. The predicted octanol–water partition coefficient (Wildman–Crippen LogP) is 0.789. The summed E-state index contributed by atoms with van der Waals surface area (Å²) in [6.45, 7) is 3.26. The van der Waals surface area contributed by atoms with Crippen molar-refractivity contribution in [3.8, 4) is 0 Å². The Labute approximate surface area is 106 Å². The van der Waals surface area contributed by atoms with Crippen LogP contribution in [0.3, 0.4) is 0 Å². The molecule has 0 amide bonds. The summed E-state index contributed by atoms with van der Waals surface area (Å²) < 4.78 is 0. The van der Waals surface area contributed by atoms with Crippen LogP contribution in [0, 0.1) is 5.92 Å². The molecule has 2 aromatic rings. The van der Waals surface area contributed by atoms with Gasteiger partial charge in [0.1, 0.15) is 11.8 Å². The van der Waals surface area contributed by atoms with Crippen molar-refractivity contribution in [1.82, 2.24) is 25.3 Å². The Morgan fingerprint density at radius 3 is 3.17 bits per heavy atom. The topological polar surface area (TPSA) is 69.7 Å². The highest BCUT2D eigenvalue weighted by molar-refractivity contribution is 5.82. The summed E-state index contributed by atoms with van der Waals surface area (Å²) in [5, 5.41) is 3.44. The first-order chi connectivity index (χ1) is 8.84. The molecule has 6 nitrogen and oxygen atoms in total. The molecule has 1 saturated heterocycles. The fourth-order valence-corrected chi connectivity index (χ4v) is 2.60. The van der Waals surface area contributed by atoms with Gasteiger partial charge in [0.05, 0.1) is 6.33 Å². The molecule has 1 unspecified atom stereocenters. The first-order valence-corrected chi connectivity index (χ1v) is 6.40. The van der Waals surface area contributed by atoms with Gasteiger partial charge in [-0.15, -0.1) is 0 Å². The second-order valence-corrected chi connectivity index (χ2v) is 4.89. The fraction of sp³-hybridized carbons (Fsp3) is 0.583. The van der Waals surface area contributed by atoms with Crippen molar-refractivity contribution in [1.29, 1.82) is 0 Å². The van der Waals surface area contributed by atoms with Gasteiger partial charge in [0.2, 0.25) is 0 Å². The number of fused-ring (bicyclic) bond motifs is 1. The molecule has 2 aromatic heterocycles. The van der Waals surface area contributed by atoms with Crippen molar-refractivity contribution in [2.45, 2.75) is 12.8 Å². The normalized spacial score (nSPS) is 20.2. The van der Waals surface area contributed by atoms with E-state index in [1.807, 2.05) is 0 Å². The molecule has 18 heavy (non-hydrogen) atoms. The number of H-pyrrole nitrogens is 1. The number of nitrogens with zero attached hydrogens (tertiary/aromatic N) is 4. The second kappa shape index (κ2) is 4.89. The van der Waals surface area contributed by atoms with E-state index >= 15 is 0 Å². The van der Waals surface area contributed by atoms with Crippen LogP contribution in [-0.2, 0) is 0 Å². The zero-order chi connectivity index (χ0) is 12.4. The molecule has 0 spiro atoms. The van der Waals surface area contributed by atoms with Gasteiger partial charge < -0.3 is 15.2 Å². The molecule has 1 aliphatic heterocycles. The van der Waals surface area contributed by atoms with Crippen LogP contribution < -0.4 is 10.2 Å². The van der Waals surface area contributed by atoms with Crippen molar-refractivity contribution in [3.63, 3.8) is 0 Å². The molecule has 0 bridgehead atoms. The van der Waals surface area contributed by atoms with Gasteiger partial charge in [0.25, 0.3) is 0 Å². The molecule has 3 heterocycles. The molecule has 0 aliphatic carbocycles. The Morgan fingerprint density at radius 1 is 1.39 bits per heavy atom. The minimum atomic E-state index is 0.691. The van der Waals surface area contributed by atoms with Crippen molar-refractivity contribution in [3.05, 3.63) is 12.7 Å². The smallest absolute Gasteiger partial charge is 0.182 e. The Hall–Kier alpha value is -1.69. The Kier molecular flexibility index (Phi) is 3.10. The number of hydrogen-bond donors (Lipinski definition) is 2. The molecular weight excluding hydrogens is 228 g/mol. The minimum Gasteiger partial charge on any atom is -0.357 e. The van der Waals surface area contributed by atoms with Gasteiger partial charge in [-0.1, -0.05) is 0 Å². The number of aromatic nitrogens is 4. The Bertz CT molecular complexity index is 516. The highest BCUT2D eigenvalue weighted by atomic mass is 15.2. The molecule has 0 radical (unpaired) electrons. The van der Waals surface area contributed by atoms with E-state index in [0.29, 0.717) is 5.92 Å². The van der Waals surface area contributed by atoms with E-state index in [9.17, 15) is 0 Å². The number of imidazole rings is 1. The van der Waals surface area contributed by atoms with Gasteiger partial charge in [-0.25, -0.2) is 15.0 Å². The van der Waals surface area contributed by atoms with Crippen LogP contribution in [0.1, 0.15) is 12.8 Å². The van der Waals surface area contributed by atoms with E-state index < -0.39 is 0 Å². The average Bonchev–Trinajstić information content (AvgIpc) is 2.87. The van der Waals surface area contributed by atoms with Crippen LogP contribution in [-0.4, -0.2) is 46.6 Å². The van der Waals surface area contributed by atoms with E-state index in [4.69, 9.17) is 0 Å². The number of piperidine rings is 1. The summed E-state index contributed by atoms with van der Waals surface area (Å²) in [5.41, 5.74) is 1.65. The van der Waals surface area contributed by atoms with Gasteiger partial charge in [-0.2, -0.15) is 0 Å². The molecule has 2 N–H and O–H groups in total. The highest BCUT2D eigenvalue weighted by Gasteiger charge is 2.17. The molecule has 6 heteroatoms. The first-order valence-electron chi connectivity index (χ1n) is 6.40. The molecule has 3 rings (SSSR count). The first kappa shape index (κ1) is 11.4. The third kappa shape index (κ3) is 2.15. The summed E-state index contributed by atoms with van der Waals surface area (Å²) >= 11 is 0. The van der Waals surface area contributed by atoms with E-state index in [0.717, 1.165) is 36.6 Å². The number of aromatic amines is 1. The van der Waals surface area contributed by atoms with Crippen LogP contribution in [0.5, 0.6) is 0 Å². The van der Waals surface area contributed by atoms with Crippen LogP contribution in [0.2, 0.25) is 0 Å². The molecule has 1 atom stereocenters. The maximum absolute atomic E-state index is 4.37. The summed E-state index contributed by atoms with van der Waals surface area (Å²) in [5.74, 6) is 1.62. The average molecular weight is 246 g/mol. The van der Waals surface area contributed by atoms with Gasteiger partial charge in [-0.05, 0) is 31.8 Å². The summed E-state index contributed by atoms with van der Waals surface area (Å²) in [4.78, 5) is 18.0. The highest BCUT2D eigenvalue weighted by Crippen LogP contribution is 2.20. The van der Waals surface area contributed by atoms with E-state index in [-0.39, 0.29) is 0 Å². The van der Waals surface area contributed by atoms with E-state index in [2.05, 4.69) is 37.2 Å². The number of nitrogens with one attached hydrogen (secondary N) is 2. The minimum absolute atomic E-state index is 0.691. The summed E-state index contributed by atoms with van der Waals surface area (Å²) in [6, 6.07) is 0. The summed E-state index contributed by atoms with van der Waals surface area (Å²) in [6.07, 6.45) is 5.79. The van der Waals surface area contributed by atoms with Crippen LogP contribution in [0.4, 0.5) is 5.82 Å². The second-order valence-electron chi connectivity index (χ2n) is 4.89. The van der Waals surface area contributed by atoms with Gasteiger partial charge >= 0.3 is 0 Å². The SMILES string of the molecule is CN(CC1CCCNC1)c1ncnc2nc[nH]c12. The number of anilines is 1. The van der Waals surface area contributed by atoms with Gasteiger partial charge in [-0.3, -0.25) is 0 Å². The molecule has 96 valence electrons. The van der Waals surface area contributed by atoms with Crippen molar-refractivity contribution in [2.24, 2.45) is 5.92 Å². The standard InChI is InChI=1S/C12H18N6/c1-18(6-9-3-2-4-13-5-9)12-10-11(15-7-14-10)16-8-17-12/h7-9,13H,2-6H2,1H3,(H,14,15,16,17). The summed E-state index contributed by atoms with van der Waals surface area (Å²) in [7, 11) is 2.08. The van der Waals surface area contributed by atoms with Crippen LogP contribution in [0.15, 0.2) is 12.7 Å². The van der Waals surface area contributed by atoms with Crippen LogP contribution >= 0.6 is 0 Å². The number of hydrogen-bond acceptors (Lipinski definition) is 5. The van der Waals surface area contributed by atoms with E-state index in [1.165, 1.54) is 12.8 Å². The lowest BCUT2D eigenvalue weighted by atomic mass is 9.99. The lowest BCUT2D eigenvalue weighted by molar-refractivity contribution is 0.381. The Balaban J connectivity index is 1.78. The zero-order valence-electron chi connectivity index (χ0n) is 10.6. The third-order valence-electron chi connectivity index (χ3n) is 3.50. The molecule has 1 aliphatic rings. The monoisotopic (exact) mass is 246 g/mol. The lowest BCUT2D eigenvalue weighted by Gasteiger charge is -2.28. The number of rotatable bonds is 3. The van der Waals surface area contributed by atoms with Gasteiger partial charge in [0, 0.05) is 13.6 Å². The van der Waals surface area contributed by atoms with Crippen molar-refractivity contribution < 1.29 is 0 Å². The maximum atomic E-state index is 4.37. The van der Waals surface area contributed by atoms with Crippen molar-refractivity contribution in [2.75, 3.05) is 31.6 Å². The quantitative estimate of drug-likeness (QED) is 0.838. The third-order valence-corrected chi connectivity index (χ3v) is 3.50. The Morgan fingerprint density at radius 2 is 2.33 bits per heavy atom. The largest absolute Gasteiger partial charge is 0.357 e. The zero-order valence-corrected chi connectivity index (χ0v) is 10.6. The lowest BCUT2D eigenvalue weighted by Crippen LogP contribution is -2.37. The van der Waals surface area contributed by atoms with Gasteiger partial charge in [0.15, 0.2) is 11.5 Å².